The number of nitro benzene ring substituents is 1. The van der Waals surface area contributed by atoms with Gasteiger partial charge in [0.05, 0.1) is 4.92 Å². The Morgan fingerprint density at radius 1 is 1.00 bits per heavy atom. The van der Waals surface area contributed by atoms with E-state index in [0.717, 1.165) is 22.4 Å². The van der Waals surface area contributed by atoms with Gasteiger partial charge in [0, 0.05) is 23.4 Å². The molecule has 0 amide bonds. The van der Waals surface area contributed by atoms with Gasteiger partial charge in [0.2, 0.25) is 0 Å². The molecule has 1 aliphatic heterocycles. The van der Waals surface area contributed by atoms with Gasteiger partial charge < -0.3 is 10.1 Å². The number of ether oxygens (including phenoxy) is 1. The average molecular weight is 318 g/mol. The minimum Gasteiger partial charge on any atom is -0.466 e. The van der Waals surface area contributed by atoms with Crippen molar-refractivity contribution in [3.63, 3.8) is 0 Å². The van der Waals surface area contributed by atoms with Crippen LogP contribution in [0.5, 0.6) is 5.75 Å². The Labute approximate surface area is 138 Å². The fraction of sp³-hybridized carbons (Fsp3) is 0.0526. The summed E-state index contributed by atoms with van der Waals surface area (Å²) in [6, 6.07) is 18.5. The third-order valence-electron chi connectivity index (χ3n) is 4.01. The maximum absolute atomic E-state index is 10.7. The van der Waals surface area contributed by atoms with Crippen LogP contribution in [0.15, 0.2) is 66.7 Å². The van der Waals surface area contributed by atoms with Gasteiger partial charge in [-0.15, -0.1) is 0 Å². The molecule has 0 radical (unpaired) electrons. The van der Waals surface area contributed by atoms with Crippen molar-refractivity contribution < 1.29 is 9.66 Å². The molecule has 0 aliphatic carbocycles. The second-order valence-corrected chi connectivity index (χ2v) is 5.54. The standard InChI is InChI=1S/C19H14N2O3/c22-21(23)15-8-6-14(7-9-15)20-19-12-10-17-16-4-2-1-3-13(16)5-11-18(17)24-19/h1-12,19-20H. The number of anilines is 1. The summed E-state index contributed by atoms with van der Waals surface area (Å²) in [5.41, 5.74) is 1.90. The molecule has 0 bridgehead atoms. The van der Waals surface area contributed by atoms with Crippen LogP contribution in [0.4, 0.5) is 11.4 Å². The normalized spacial score (nSPS) is 15.6. The number of rotatable bonds is 3. The number of non-ortho nitro benzene ring substituents is 1. The first kappa shape index (κ1) is 14.3. The molecule has 4 rings (SSSR count). The van der Waals surface area contributed by atoms with Gasteiger partial charge in [-0.3, -0.25) is 10.1 Å². The summed E-state index contributed by atoms with van der Waals surface area (Å²) < 4.78 is 5.99. The van der Waals surface area contributed by atoms with Crippen molar-refractivity contribution in [1.82, 2.24) is 0 Å². The van der Waals surface area contributed by atoms with E-state index >= 15 is 0 Å². The lowest BCUT2D eigenvalue weighted by molar-refractivity contribution is -0.384. The predicted molar refractivity (Wildman–Crippen MR) is 94.1 cm³/mol. The van der Waals surface area contributed by atoms with Gasteiger partial charge in [-0.05, 0) is 41.1 Å². The topological polar surface area (TPSA) is 64.4 Å². The lowest BCUT2D eigenvalue weighted by Gasteiger charge is -2.24. The number of benzene rings is 3. The number of fused-ring (bicyclic) bond motifs is 3. The van der Waals surface area contributed by atoms with Crippen LogP contribution in [0.2, 0.25) is 0 Å². The molecule has 0 spiro atoms. The van der Waals surface area contributed by atoms with Crippen molar-refractivity contribution in [2.75, 3.05) is 5.32 Å². The second kappa shape index (κ2) is 5.70. The summed E-state index contributed by atoms with van der Waals surface area (Å²) in [6.45, 7) is 0. The largest absolute Gasteiger partial charge is 0.466 e. The molecule has 1 aliphatic rings. The summed E-state index contributed by atoms with van der Waals surface area (Å²) in [6.07, 6.45) is 3.67. The Kier molecular flexibility index (Phi) is 3.39. The van der Waals surface area contributed by atoms with E-state index in [2.05, 4.69) is 17.4 Å². The Bertz CT molecular complexity index is 948. The van der Waals surface area contributed by atoms with E-state index in [9.17, 15) is 10.1 Å². The lowest BCUT2D eigenvalue weighted by Crippen LogP contribution is -2.26. The molecule has 0 aromatic heterocycles. The van der Waals surface area contributed by atoms with Gasteiger partial charge in [-0.2, -0.15) is 0 Å². The third-order valence-corrected chi connectivity index (χ3v) is 4.01. The summed E-state index contributed by atoms with van der Waals surface area (Å²) >= 11 is 0. The third kappa shape index (κ3) is 2.56. The smallest absolute Gasteiger partial charge is 0.269 e. The summed E-state index contributed by atoms with van der Waals surface area (Å²) in [4.78, 5) is 10.3. The van der Waals surface area contributed by atoms with Crippen molar-refractivity contribution in [1.29, 1.82) is 0 Å². The maximum atomic E-state index is 10.7. The highest BCUT2D eigenvalue weighted by atomic mass is 16.6. The van der Waals surface area contributed by atoms with E-state index in [1.807, 2.05) is 36.4 Å². The minimum atomic E-state index is -0.415. The highest BCUT2D eigenvalue weighted by Crippen LogP contribution is 2.33. The van der Waals surface area contributed by atoms with Crippen molar-refractivity contribution in [3.05, 3.63) is 82.4 Å². The first-order valence-electron chi connectivity index (χ1n) is 7.58. The number of hydrogen-bond donors (Lipinski definition) is 1. The molecule has 0 fully saturated rings. The Morgan fingerprint density at radius 3 is 2.58 bits per heavy atom. The van der Waals surface area contributed by atoms with E-state index in [1.165, 1.54) is 17.5 Å². The van der Waals surface area contributed by atoms with Crippen molar-refractivity contribution in [2.24, 2.45) is 0 Å². The zero-order chi connectivity index (χ0) is 16.5. The summed E-state index contributed by atoms with van der Waals surface area (Å²) in [5.74, 6) is 0.815. The quantitative estimate of drug-likeness (QED) is 0.566. The molecule has 1 atom stereocenters. The molecule has 118 valence electrons. The fourth-order valence-electron chi connectivity index (χ4n) is 2.83. The van der Waals surface area contributed by atoms with Crippen molar-refractivity contribution in [3.8, 4) is 5.75 Å². The Balaban J connectivity index is 1.57. The highest BCUT2D eigenvalue weighted by molar-refractivity contribution is 5.93. The van der Waals surface area contributed by atoms with Crippen LogP contribution in [0.25, 0.3) is 16.8 Å². The van der Waals surface area contributed by atoms with Gasteiger partial charge in [-0.1, -0.05) is 30.3 Å². The van der Waals surface area contributed by atoms with Crippen LogP contribution in [-0.2, 0) is 0 Å². The van der Waals surface area contributed by atoms with Gasteiger partial charge in [0.25, 0.3) is 5.69 Å². The van der Waals surface area contributed by atoms with Crippen LogP contribution >= 0.6 is 0 Å². The van der Waals surface area contributed by atoms with Gasteiger partial charge in [0.1, 0.15) is 5.75 Å². The molecule has 5 nitrogen and oxygen atoms in total. The number of nitrogens with one attached hydrogen (secondary N) is 1. The SMILES string of the molecule is O=[N+]([O-])c1ccc(NC2C=Cc3c(ccc4ccccc34)O2)cc1. The molecule has 1 heterocycles. The zero-order valence-electron chi connectivity index (χ0n) is 12.7. The van der Waals surface area contributed by atoms with Crippen LogP contribution in [0.3, 0.4) is 0 Å². The molecule has 3 aromatic rings. The lowest BCUT2D eigenvalue weighted by atomic mass is 10.0. The zero-order valence-corrected chi connectivity index (χ0v) is 12.7. The first-order valence-corrected chi connectivity index (χ1v) is 7.58. The summed E-state index contributed by atoms with van der Waals surface area (Å²) in [7, 11) is 0. The highest BCUT2D eigenvalue weighted by Gasteiger charge is 2.16. The van der Waals surface area contributed by atoms with Crippen molar-refractivity contribution >= 4 is 28.2 Å². The van der Waals surface area contributed by atoms with Crippen LogP contribution < -0.4 is 10.1 Å². The van der Waals surface area contributed by atoms with E-state index in [-0.39, 0.29) is 11.9 Å². The summed E-state index contributed by atoms with van der Waals surface area (Å²) in [5, 5.41) is 16.2. The monoisotopic (exact) mass is 318 g/mol. The average Bonchev–Trinajstić information content (AvgIpc) is 2.62. The van der Waals surface area contributed by atoms with Crippen LogP contribution in [0, 0.1) is 10.1 Å². The molecule has 24 heavy (non-hydrogen) atoms. The van der Waals surface area contributed by atoms with E-state index in [1.54, 1.807) is 12.1 Å². The minimum absolute atomic E-state index is 0.0671. The molecule has 1 unspecified atom stereocenters. The molecule has 3 aromatic carbocycles. The predicted octanol–water partition coefficient (Wildman–Crippen LogP) is 4.59. The van der Waals surface area contributed by atoms with Gasteiger partial charge in [-0.25, -0.2) is 0 Å². The van der Waals surface area contributed by atoms with E-state index in [4.69, 9.17) is 4.74 Å². The van der Waals surface area contributed by atoms with Gasteiger partial charge in [0.15, 0.2) is 6.23 Å². The Morgan fingerprint density at radius 2 is 1.79 bits per heavy atom. The first-order chi connectivity index (χ1) is 11.7. The van der Waals surface area contributed by atoms with Crippen LogP contribution in [0.1, 0.15) is 5.56 Å². The molecule has 5 heteroatoms. The number of nitrogens with zero attached hydrogens (tertiary/aromatic N) is 1. The Hall–Kier alpha value is -3.34. The maximum Gasteiger partial charge on any atom is 0.269 e. The molecule has 1 N–H and O–H groups in total. The van der Waals surface area contributed by atoms with Crippen LogP contribution in [-0.4, -0.2) is 11.2 Å². The number of hydrogen-bond acceptors (Lipinski definition) is 4. The fourth-order valence-corrected chi connectivity index (χ4v) is 2.83. The number of nitro groups is 1. The van der Waals surface area contributed by atoms with Gasteiger partial charge >= 0.3 is 0 Å². The molecular weight excluding hydrogens is 304 g/mol. The molecule has 0 saturated heterocycles. The van der Waals surface area contributed by atoms with E-state index < -0.39 is 4.92 Å². The molecule has 0 saturated carbocycles. The van der Waals surface area contributed by atoms with E-state index in [0.29, 0.717) is 0 Å². The second-order valence-electron chi connectivity index (χ2n) is 5.54. The molecular formula is C19H14N2O3. The van der Waals surface area contributed by atoms with Crippen molar-refractivity contribution in [2.45, 2.75) is 6.23 Å².